The molecular formula is C11H12FNO. The molecular weight excluding hydrogens is 181 g/mol. The van der Waals surface area contributed by atoms with E-state index in [-0.39, 0.29) is 5.82 Å². The minimum Gasteiger partial charge on any atom is -0.378 e. The molecule has 0 N–H and O–H groups in total. The Hall–Kier alpha value is -1.35. The van der Waals surface area contributed by atoms with E-state index in [1.165, 1.54) is 12.1 Å². The second-order valence-electron chi connectivity index (χ2n) is 3.33. The molecule has 0 radical (unpaired) electrons. The Bertz CT molecular complexity index is 462. The summed E-state index contributed by atoms with van der Waals surface area (Å²) in [5.74, 6) is -0.202. The van der Waals surface area contributed by atoms with Crippen LogP contribution in [0.4, 0.5) is 4.39 Å². The summed E-state index contributed by atoms with van der Waals surface area (Å²) in [6.45, 7) is 0.548. The molecule has 0 aliphatic rings. The highest BCUT2D eigenvalue weighted by Crippen LogP contribution is 2.20. The lowest BCUT2D eigenvalue weighted by atomic mass is 10.2. The van der Waals surface area contributed by atoms with Crippen LogP contribution >= 0.6 is 0 Å². The highest BCUT2D eigenvalue weighted by atomic mass is 19.1. The molecule has 0 bridgehead atoms. The fraction of sp³-hybridized carbons (Fsp3) is 0.273. The molecule has 0 saturated carbocycles. The van der Waals surface area contributed by atoms with Crippen molar-refractivity contribution in [1.82, 2.24) is 4.57 Å². The van der Waals surface area contributed by atoms with Crippen LogP contribution in [0.3, 0.4) is 0 Å². The summed E-state index contributed by atoms with van der Waals surface area (Å²) in [4.78, 5) is 0. The fourth-order valence-electron chi connectivity index (χ4n) is 1.66. The lowest BCUT2D eigenvalue weighted by Gasteiger charge is -2.01. The summed E-state index contributed by atoms with van der Waals surface area (Å²) in [6, 6.07) is 6.74. The quantitative estimate of drug-likeness (QED) is 0.714. The predicted octanol–water partition coefficient (Wildman–Crippen LogP) is 2.46. The number of aromatic nitrogens is 1. The molecule has 0 atom stereocenters. The van der Waals surface area contributed by atoms with E-state index in [4.69, 9.17) is 4.74 Å². The molecule has 0 fully saturated rings. The standard InChI is InChI=1S/C11H12FNO/c1-13-10(7-14-2)6-8-5-9(12)3-4-11(8)13/h3-6H,7H2,1-2H3. The van der Waals surface area contributed by atoms with E-state index in [2.05, 4.69) is 0 Å². The number of hydrogen-bond acceptors (Lipinski definition) is 1. The Morgan fingerprint density at radius 2 is 2.14 bits per heavy atom. The van der Waals surface area contributed by atoms with Gasteiger partial charge in [-0.15, -0.1) is 0 Å². The third-order valence-corrected chi connectivity index (χ3v) is 2.40. The van der Waals surface area contributed by atoms with Crippen molar-refractivity contribution in [2.24, 2.45) is 7.05 Å². The van der Waals surface area contributed by atoms with Crippen molar-refractivity contribution in [1.29, 1.82) is 0 Å². The Labute approximate surface area is 81.9 Å². The van der Waals surface area contributed by atoms with Crippen molar-refractivity contribution in [2.75, 3.05) is 7.11 Å². The van der Waals surface area contributed by atoms with Gasteiger partial charge in [-0.25, -0.2) is 4.39 Å². The van der Waals surface area contributed by atoms with Crippen molar-refractivity contribution in [3.63, 3.8) is 0 Å². The van der Waals surface area contributed by atoms with E-state index in [0.717, 1.165) is 16.6 Å². The highest BCUT2D eigenvalue weighted by Gasteiger charge is 2.05. The minimum atomic E-state index is -0.202. The molecule has 1 aromatic heterocycles. The van der Waals surface area contributed by atoms with E-state index in [0.29, 0.717) is 6.61 Å². The third kappa shape index (κ3) is 1.40. The van der Waals surface area contributed by atoms with Crippen molar-refractivity contribution >= 4 is 10.9 Å². The van der Waals surface area contributed by atoms with E-state index < -0.39 is 0 Å². The maximum absolute atomic E-state index is 12.9. The number of ether oxygens (including phenoxy) is 1. The third-order valence-electron chi connectivity index (χ3n) is 2.40. The molecule has 1 aromatic carbocycles. The number of hydrogen-bond donors (Lipinski definition) is 0. The Morgan fingerprint density at radius 1 is 1.36 bits per heavy atom. The molecule has 2 aromatic rings. The molecule has 2 nitrogen and oxygen atoms in total. The van der Waals surface area contributed by atoms with E-state index in [9.17, 15) is 4.39 Å². The van der Waals surface area contributed by atoms with Crippen LogP contribution < -0.4 is 0 Å². The topological polar surface area (TPSA) is 14.2 Å². The van der Waals surface area contributed by atoms with Crippen molar-refractivity contribution in [2.45, 2.75) is 6.61 Å². The number of rotatable bonds is 2. The number of nitrogens with zero attached hydrogens (tertiary/aromatic N) is 1. The average Bonchev–Trinajstić information content (AvgIpc) is 2.44. The minimum absolute atomic E-state index is 0.202. The summed E-state index contributed by atoms with van der Waals surface area (Å²) < 4.78 is 20.0. The van der Waals surface area contributed by atoms with Gasteiger partial charge in [0.25, 0.3) is 0 Å². The summed E-state index contributed by atoms with van der Waals surface area (Å²) in [6.07, 6.45) is 0. The van der Waals surface area contributed by atoms with Crippen molar-refractivity contribution in [3.8, 4) is 0 Å². The van der Waals surface area contributed by atoms with Gasteiger partial charge in [0.15, 0.2) is 0 Å². The average molecular weight is 193 g/mol. The lowest BCUT2D eigenvalue weighted by molar-refractivity contribution is 0.179. The molecule has 0 aliphatic heterocycles. The Morgan fingerprint density at radius 3 is 2.86 bits per heavy atom. The van der Waals surface area contributed by atoms with Crippen LogP contribution in [0.5, 0.6) is 0 Å². The molecule has 74 valence electrons. The lowest BCUT2D eigenvalue weighted by Crippen LogP contribution is -1.96. The van der Waals surface area contributed by atoms with E-state index in [1.807, 2.05) is 17.7 Å². The first-order chi connectivity index (χ1) is 6.72. The van der Waals surface area contributed by atoms with Crippen LogP contribution in [-0.2, 0) is 18.4 Å². The SMILES string of the molecule is COCc1cc2cc(F)ccc2n1C. The largest absolute Gasteiger partial charge is 0.378 e. The molecule has 0 spiro atoms. The number of methoxy groups -OCH3 is 1. The van der Waals surface area contributed by atoms with Crippen LogP contribution in [0, 0.1) is 5.82 Å². The van der Waals surface area contributed by atoms with Gasteiger partial charge in [-0.3, -0.25) is 0 Å². The molecule has 1 heterocycles. The second-order valence-corrected chi connectivity index (χ2v) is 3.33. The molecule has 3 heteroatoms. The smallest absolute Gasteiger partial charge is 0.123 e. The molecule has 0 amide bonds. The van der Waals surface area contributed by atoms with Gasteiger partial charge in [0, 0.05) is 30.8 Å². The first-order valence-corrected chi connectivity index (χ1v) is 4.45. The van der Waals surface area contributed by atoms with Gasteiger partial charge in [0.1, 0.15) is 5.82 Å². The predicted molar refractivity (Wildman–Crippen MR) is 53.6 cm³/mol. The second kappa shape index (κ2) is 3.42. The highest BCUT2D eigenvalue weighted by molar-refractivity contribution is 5.81. The molecule has 0 unspecified atom stereocenters. The van der Waals surface area contributed by atoms with E-state index >= 15 is 0 Å². The maximum atomic E-state index is 12.9. The fourth-order valence-corrected chi connectivity index (χ4v) is 1.66. The van der Waals surface area contributed by atoms with Crippen molar-refractivity contribution < 1.29 is 9.13 Å². The number of aryl methyl sites for hydroxylation is 1. The first kappa shape index (κ1) is 9.21. The zero-order valence-corrected chi connectivity index (χ0v) is 8.25. The Balaban J connectivity index is 2.61. The molecule has 2 rings (SSSR count). The normalized spacial score (nSPS) is 11.1. The molecule has 0 saturated heterocycles. The Kier molecular flexibility index (Phi) is 2.25. The number of halogens is 1. The zero-order valence-electron chi connectivity index (χ0n) is 8.25. The maximum Gasteiger partial charge on any atom is 0.123 e. The van der Waals surface area contributed by atoms with Crippen LogP contribution in [0.15, 0.2) is 24.3 Å². The van der Waals surface area contributed by atoms with Crippen LogP contribution in [0.25, 0.3) is 10.9 Å². The van der Waals surface area contributed by atoms with Crippen LogP contribution in [0.2, 0.25) is 0 Å². The number of fused-ring (bicyclic) bond motifs is 1. The van der Waals surface area contributed by atoms with E-state index in [1.54, 1.807) is 13.2 Å². The van der Waals surface area contributed by atoms with Crippen LogP contribution in [0.1, 0.15) is 5.69 Å². The van der Waals surface area contributed by atoms with Gasteiger partial charge >= 0.3 is 0 Å². The first-order valence-electron chi connectivity index (χ1n) is 4.45. The van der Waals surface area contributed by atoms with Gasteiger partial charge in [0.2, 0.25) is 0 Å². The monoisotopic (exact) mass is 193 g/mol. The molecule has 14 heavy (non-hydrogen) atoms. The van der Waals surface area contributed by atoms with Crippen molar-refractivity contribution in [3.05, 3.63) is 35.8 Å². The molecule has 0 aliphatic carbocycles. The number of benzene rings is 1. The van der Waals surface area contributed by atoms with Crippen LogP contribution in [-0.4, -0.2) is 11.7 Å². The summed E-state index contributed by atoms with van der Waals surface area (Å²) in [5.41, 5.74) is 2.08. The van der Waals surface area contributed by atoms with Gasteiger partial charge in [-0.05, 0) is 24.3 Å². The van der Waals surface area contributed by atoms with Gasteiger partial charge in [0.05, 0.1) is 6.61 Å². The summed E-state index contributed by atoms with van der Waals surface area (Å²) >= 11 is 0. The van der Waals surface area contributed by atoms with Gasteiger partial charge in [-0.1, -0.05) is 0 Å². The summed E-state index contributed by atoms with van der Waals surface area (Å²) in [7, 11) is 3.60. The zero-order chi connectivity index (χ0) is 10.1. The van der Waals surface area contributed by atoms with Gasteiger partial charge < -0.3 is 9.30 Å². The summed E-state index contributed by atoms with van der Waals surface area (Å²) in [5, 5.41) is 0.916. The van der Waals surface area contributed by atoms with Gasteiger partial charge in [-0.2, -0.15) is 0 Å².